The van der Waals surface area contributed by atoms with Crippen molar-refractivity contribution in [1.29, 1.82) is 0 Å². The monoisotopic (exact) mass is 407 g/mol. The lowest BCUT2D eigenvalue weighted by molar-refractivity contribution is 0.0954. The van der Waals surface area contributed by atoms with Crippen LogP contribution in [0.25, 0.3) is 0 Å². The summed E-state index contributed by atoms with van der Waals surface area (Å²) in [4.78, 5) is 24.9. The summed E-state index contributed by atoms with van der Waals surface area (Å²) in [5, 5.41) is 8.78. The summed E-state index contributed by atoms with van der Waals surface area (Å²) in [7, 11) is 3.21. The predicted molar refractivity (Wildman–Crippen MR) is 112 cm³/mol. The Morgan fingerprint density at radius 1 is 0.893 bits per heavy atom. The van der Waals surface area contributed by atoms with E-state index in [1.54, 1.807) is 62.8 Å². The van der Waals surface area contributed by atoms with Crippen molar-refractivity contribution in [3.05, 3.63) is 59.7 Å². The number of hydrogen-bond donors (Lipinski definition) is 3. The fourth-order valence-corrected chi connectivity index (χ4v) is 2.39. The lowest BCUT2D eigenvalue weighted by atomic mass is 10.1. The van der Waals surface area contributed by atoms with E-state index in [0.29, 0.717) is 42.3 Å². The van der Waals surface area contributed by atoms with Crippen molar-refractivity contribution in [2.24, 2.45) is 0 Å². The number of amides is 2. The number of para-hydroxylation sites is 1. The molecule has 0 aromatic heterocycles. The third-order valence-electron chi connectivity index (χ3n) is 3.84. The van der Waals surface area contributed by atoms with Gasteiger partial charge in [0.2, 0.25) is 0 Å². The second kappa shape index (κ2) is 12.7. The van der Waals surface area contributed by atoms with E-state index in [1.165, 1.54) is 0 Å². The molecule has 0 aliphatic heterocycles. The molecule has 0 atom stereocenters. The average Bonchev–Trinajstić information content (AvgIpc) is 2.71. The average molecular weight is 408 g/mol. The Morgan fingerprint density at radius 2 is 1.61 bits per heavy atom. The summed E-state index contributed by atoms with van der Waals surface area (Å²) in [6.45, 7) is 2.45. The van der Waals surface area contributed by atoms with Crippen molar-refractivity contribution in [3.63, 3.8) is 0 Å². The highest BCUT2D eigenvalue weighted by molar-refractivity contribution is 6.09. The molecule has 0 unspecified atom stereocenters. The van der Waals surface area contributed by atoms with Crippen LogP contribution in [0.2, 0.25) is 0 Å². The Bertz CT molecular complexity index is 753. The Balaban J connectivity index is 0.00000392. The maximum Gasteiger partial charge on any atom is 0.255 e. The van der Waals surface area contributed by atoms with E-state index in [2.05, 4.69) is 16.0 Å². The van der Waals surface area contributed by atoms with Gasteiger partial charge in [0.05, 0.1) is 25.0 Å². The molecule has 0 saturated carbocycles. The molecule has 0 radical (unpaired) electrons. The Morgan fingerprint density at radius 3 is 2.29 bits per heavy atom. The van der Waals surface area contributed by atoms with Crippen LogP contribution in [-0.2, 0) is 4.74 Å². The molecule has 2 aromatic carbocycles. The summed E-state index contributed by atoms with van der Waals surface area (Å²) in [6.07, 6.45) is 0. The van der Waals surface area contributed by atoms with Gasteiger partial charge in [0.15, 0.2) is 0 Å². The lowest BCUT2D eigenvalue weighted by Crippen LogP contribution is -2.33. The van der Waals surface area contributed by atoms with Crippen molar-refractivity contribution < 1.29 is 19.1 Å². The van der Waals surface area contributed by atoms with Gasteiger partial charge in [0, 0.05) is 32.3 Å². The fraction of sp³-hybridized carbons (Fsp3) is 0.300. The SMILES string of the molecule is COCCNCCNC(=O)c1ccccc1NC(=O)c1ccc(OC)cc1.Cl. The van der Waals surface area contributed by atoms with Crippen LogP contribution in [0.1, 0.15) is 20.7 Å². The molecule has 152 valence electrons. The molecule has 3 N–H and O–H groups in total. The third kappa shape index (κ3) is 7.19. The highest BCUT2D eigenvalue weighted by atomic mass is 35.5. The number of rotatable bonds is 10. The Kier molecular flexibility index (Phi) is 10.6. The number of carbonyl (C=O) groups is 2. The van der Waals surface area contributed by atoms with Crippen LogP contribution in [0.15, 0.2) is 48.5 Å². The fourth-order valence-electron chi connectivity index (χ4n) is 2.39. The molecule has 8 heteroatoms. The Hall–Kier alpha value is -2.61. The predicted octanol–water partition coefficient (Wildman–Crippen LogP) is 2.34. The summed E-state index contributed by atoms with van der Waals surface area (Å²) < 4.78 is 10.0. The molecule has 0 saturated heterocycles. The number of methoxy groups -OCH3 is 2. The zero-order chi connectivity index (χ0) is 19.5. The molecule has 2 amide bonds. The van der Waals surface area contributed by atoms with Gasteiger partial charge in [-0.15, -0.1) is 12.4 Å². The van der Waals surface area contributed by atoms with Gasteiger partial charge < -0.3 is 25.4 Å². The Labute approximate surface area is 171 Å². The van der Waals surface area contributed by atoms with E-state index < -0.39 is 0 Å². The summed E-state index contributed by atoms with van der Waals surface area (Å²) in [6, 6.07) is 13.7. The van der Waals surface area contributed by atoms with Crippen LogP contribution in [0.4, 0.5) is 5.69 Å². The van der Waals surface area contributed by atoms with E-state index in [9.17, 15) is 9.59 Å². The summed E-state index contributed by atoms with van der Waals surface area (Å²) in [5.41, 5.74) is 1.35. The van der Waals surface area contributed by atoms with Crippen molar-refractivity contribution in [2.75, 3.05) is 45.8 Å². The molecule has 0 spiro atoms. The lowest BCUT2D eigenvalue weighted by Gasteiger charge is -2.12. The molecular formula is C20H26ClN3O4. The molecule has 2 aromatic rings. The number of ether oxygens (including phenoxy) is 2. The van der Waals surface area contributed by atoms with Crippen LogP contribution in [0.3, 0.4) is 0 Å². The van der Waals surface area contributed by atoms with Gasteiger partial charge in [-0.3, -0.25) is 9.59 Å². The van der Waals surface area contributed by atoms with Crippen LogP contribution in [-0.4, -0.2) is 52.3 Å². The highest BCUT2D eigenvalue weighted by Crippen LogP contribution is 2.17. The number of carbonyl (C=O) groups excluding carboxylic acids is 2. The zero-order valence-electron chi connectivity index (χ0n) is 16.0. The van der Waals surface area contributed by atoms with Gasteiger partial charge in [0.1, 0.15) is 5.75 Å². The van der Waals surface area contributed by atoms with Crippen LogP contribution in [0.5, 0.6) is 5.75 Å². The number of hydrogen-bond acceptors (Lipinski definition) is 5. The van der Waals surface area contributed by atoms with Crippen molar-refractivity contribution in [1.82, 2.24) is 10.6 Å². The third-order valence-corrected chi connectivity index (χ3v) is 3.84. The normalized spacial score (nSPS) is 9.93. The van der Waals surface area contributed by atoms with Crippen molar-refractivity contribution in [2.45, 2.75) is 0 Å². The summed E-state index contributed by atoms with van der Waals surface area (Å²) in [5.74, 6) is 0.138. The topological polar surface area (TPSA) is 88.7 Å². The van der Waals surface area contributed by atoms with Crippen molar-refractivity contribution in [3.8, 4) is 5.75 Å². The van der Waals surface area contributed by atoms with E-state index in [-0.39, 0.29) is 24.2 Å². The molecule has 0 bridgehead atoms. The molecule has 0 fully saturated rings. The first-order valence-corrected chi connectivity index (χ1v) is 8.68. The number of anilines is 1. The maximum absolute atomic E-state index is 12.4. The molecule has 2 rings (SSSR count). The van der Waals surface area contributed by atoms with Gasteiger partial charge in [-0.25, -0.2) is 0 Å². The first kappa shape index (κ1) is 23.4. The number of benzene rings is 2. The minimum absolute atomic E-state index is 0. The number of halogens is 1. The van der Waals surface area contributed by atoms with E-state index in [0.717, 1.165) is 6.54 Å². The second-order valence-electron chi connectivity index (χ2n) is 5.73. The molecule has 0 heterocycles. The summed E-state index contributed by atoms with van der Waals surface area (Å²) >= 11 is 0. The van der Waals surface area contributed by atoms with Gasteiger partial charge in [-0.2, -0.15) is 0 Å². The molecule has 28 heavy (non-hydrogen) atoms. The van der Waals surface area contributed by atoms with E-state index in [4.69, 9.17) is 9.47 Å². The highest BCUT2D eigenvalue weighted by Gasteiger charge is 2.13. The van der Waals surface area contributed by atoms with Crippen LogP contribution >= 0.6 is 12.4 Å². The first-order chi connectivity index (χ1) is 13.2. The smallest absolute Gasteiger partial charge is 0.255 e. The minimum Gasteiger partial charge on any atom is -0.497 e. The van der Waals surface area contributed by atoms with Crippen LogP contribution < -0.4 is 20.7 Å². The van der Waals surface area contributed by atoms with E-state index in [1.807, 2.05) is 0 Å². The molecule has 0 aliphatic rings. The second-order valence-corrected chi connectivity index (χ2v) is 5.73. The molecular weight excluding hydrogens is 382 g/mol. The van der Waals surface area contributed by atoms with Crippen LogP contribution in [0, 0.1) is 0 Å². The number of nitrogens with one attached hydrogen (secondary N) is 3. The molecule has 7 nitrogen and oxygen atoms in total. The quantitative estimate of drug-likeness (QED) is 0.526. The van der Waals surface area contributed by atoms with E-state index >= 15 is 0 Å². The van der Waals surface area contributed by atoms with Gasteiger partial charge >= 0.3 is 0 Å². The largest absolute Gasteiger partial charge is 0.497 e. The van der Waals surface area contributed by atoms with Gasteiger partial charge in [-0.05, 0) is 36.4 Å². The standard InChI is InChI=1S/C20H25N3O4.ClH/c1-26-14-13-21-11-12-22-20(25)17-5-3-4-6-18(17)23-19(24)15-7-9-16(27-2)10-8-15;/h3-10,21H,11-14H2,1-2H3,(H,22,25)(H,23,24);1H. The van der Waals surface area contributed by atoms with Crippen molar-refractivity contribution >= 4 is 29.9 Å². The first-order valence-electron chi connectivity index (χ1n) is 8.68. The molecule has 0 aliphatic carbocycles. The maximum atomic E-state index is 12.4. The van der Waals surface area contributed by atoms with Gasteiger partial charge in [0.25, 0.3) is 11.8 Å². The minimum atomic E-state index is -0.292. The van der Waals surface area contributed by atoms with Gasteiger partial charge in [-0.1, -0.05) is 12.1 Å². The zero-order valence-corrected chi connectivity index (χ0v) is 16.8.